The molecule has 0 bridgehead atoms. The van der Waals surface area contributed by atoms with Crippen molar-refractivity contribution in [1.82, 2.24) is 19.4 Å². The summed E-state index contributed by atoms with van der Waals surface area (Å²) in [7, 11) is 0. The van der Waals surface area contributed by atoms with Gasteiger partial charge in [0.15, 0.2) is 0 Å². The van der Waals surface area contributed by atoms with E-state index < -0.39 is 5.60 Å². The van der Waals surface area contributed by atoms with Gasteiger partial charge in [0.1, 0.15) is 22.7 Å². The second-order valence-electron chi connectivity index (χ2n) is 6.96. The minimum absolute atomic E-state index is 0.310. The molecule has 1 aliphatic carbocycles. The molecule has 3 aromatic rings. The van der Waals surface area contributed by atoms with Crippen LogP contribution in [0.1, 0.15) is 23.5 Å². The minimum atomic E-state index is -0.943. The third-order valence-electron chi connectivity index (χ3n) is 5.10. The first-order chi connectivity index (χ1) is 12.6. The minimum Gasteiger partial charge on any atom is -0.477 e. The molecule has 1 saturated heterocycles. The highest BCUT2D eigenvalue weighted by molar-refractivity contribution is 6.29. The summed E-state index contributed by atoms with van der Waals surface area (Å²) in [5, 5.41) is 11.1. The molecule has 1 N–H and O–H groups in total. The second-order valence-corrected chi connectivity index (χ2v) is 7.35. The number of hydrogen-bond acceptors (Lipinski definition) is 6. The number of imidazole rings is 1. The fraction of sp³-hybridized carbons (Fsp3) is 0.389. The zero-order valence-corrected chi connectivity index (χ0v) is 14.6. The van der Waals surface area contributed by atoms with E-state index in [1.54, 1.807) is 12.3 Å². The summed E-state index contributed by atoms with van der Waals surface area (Å²) < 4.78 is 12.9. The van der Waals surface area contributed by atoms with Gasteiger partial charge < -0.3 is 19.0 Å². The van der Waals surface area contributed by atoms with E-state index in [1.807, 2.05) is 10.6 Å². The molecule has 0 spiro atoms. The van der Waals surface area contributed by atoms with Crippen molar-refractivity contribution in [3.05, 3.63) is 53.3 Å². The fourth-order valence-corrected chi connectivity index (χ4v) is 3.62. The Bertz CT molecular complexity index is 972. The van der Waals surface area contributed by atoms with Gasteiger partial charge in [-0.3, -0.25) is 0 Å². The highest BCUT2D eigenvalue weighted by Gasteiger charge is 2.43. The van der Waals surface area contributed by atoms with E-state index in [1.165, 1.54) is 11.9 Å². The quantitative estimate of drug-likeness (QED) is 0.691. The third-order valence-corrected chi connectivity index (χ3v) is 5.30. The van der Waals surface area contributed by atoms with Gasteiger partial charge in [-0.05, 0) is 24.0 Å². The Kier molecular flexibility index (Phi) is 3.63. The summed E-state index contributed by atoms with van der Waals surface area (Å²) in [5.74, 6) is 1.29. The summed E-state index contributed by atoms with van der Waals surface area (Å²) >= 11 is 5.85. The number of nitrogens with zero attached hydrogens (tertiary/aromatic N) is 4. The van der Waals surface area contributed by atoms with Gasteiger partial charge >= 0.3 is 0 Å². The molecule has 2 unspecified atom stereocenters. The topological polar surface area (TPSA) is 81.8 Å². The summed E-state index contributed by atoms with van der Waals surface area (Å²) in [4.78, 5) is 12.3. The predicted molar refractivity (Wildman–Crippen MR) is 93.3 cm³/mol. The van der Waals surface area contributed by atoms with Crippen LogP contribution in [-0.4, -0.2) is 44.3 Å². The van der Waals surface area contributed by atoms with Crippen LogP contribution in [0, 0.1) is 5.92 Å². The highest BCUT2D eigenvalue weighted by Crippen LogP contribution is 2.48. The van der Waals surface area contributed by atoms with Crippen LogP contribution < -0.4 is 4.74 Å². The van der Waals surface area contributed by atoms with Gasteiger partial charge in [-0.15, -0.1) is 0 Å². The van der Waals surface area contributed by atoms with E-state index in [4.69, 9.17) is 21.1 Å². The monoisotopic (exact) mass is 372 g/mol. The SMILES string of the molecule is OC1(c2cc(C3CC3COc3cc(Cl)ncn3)cn3ccnc23)COC1. The Morgan fingerprint density at radius 3 is 2.96 bits per heavy atom. The molecular formula is C18H17ClN4O3. The zero-order valence-electron chi connectivity index (χ0n) is 13.9. The van der Waals surface area contributed by atoms with Crippen molar-refractivity contribution in [3.8, 4) is 5.88 Å². The summed E-state index contributed by atoms with van der Waals surface area (Å²) in [6.45, 7) is 1.19. The lowest BCUT2D eigenvalue weighted by atomic mass is 9.91. The summed E-state index contributed by atoms with van der Waals surface area (Å²) in [5.41, 5.74) is 1.85. The van der Waals surface area contributed by atoms with Gasteiger partial charge in [-0.1, -0.05) is 11.6 Å². The predicted octanol–water partition coefficient (Wildman–Crippen LogP) is 2.18. The van der Waals surface area contributed by atoms with Crippen molar-refractivity contribution >= 4 is 17.2 Å². The summed E-state index contributed by atoms with van der Waals surface area (Å²) in [6, 6.07) is 3.68. The van der Waals surface area contributed by atoms with Crippen molar-refractivity contribution in [1.29, 1.82) is 0 Å². The van der Waals surface area contributed by atoms with Gasteiger partial charge in [-0.25, -0.2) is 15.0 Å². The molecule has 5 rings (SSSR count). The van der Waals surface area contributed by atoms with Gasteiger partial charge in [0.25, 0.3) is 0 Å². The first-order valence-electron chi connectivity index (χ1n) is 8.50. The molecular weight excluding hydrogens is 356 g/mol. The molecule has 4 heterocycles. The Morgan fingerprint density at radius 2 is 2.19 bits per heavy atom. The molecule has 134 valence electrons. The Hall–Kier alpha value is -2.22. The van der Waals surface area contributed by atoms with E-state index in [9.17, 15) is 5.11 Å². The van der Waals surface area contributed by atoms with Crippen LogP contribution in [-0.2, 0) is 10.3 Å². The number of pyridine rings is 1. The van der Waals surface area contributed by atoms with Crippen molar-refractivity contribution in [2.75, 3.05) is 19.8 Å². The number of rotatable bonds is 5. The van der Waals surface area contributed by atoms with E-state index in [2.05, 4.69) is 27.2 Å². The van der Waals surface area contributed by atoms with Gasteiger partial charge in [0.05, 0.1) is 19.8 Å². The smallest absolute Gasteiger partial charge is 0.217 e. The largest absolute Gasteiger partial charge is 0.477 e. The molecule has 2 aliphatic rings. The lowest BCUT2D eigenvalue weighted by Crippen LogP contribution is -2.46. The van der Waals surface area contributed by atoms with Crippen LogP contribution in [0.5, 0.6) is 5.88 Å². The number of hydrogen-bond donors (Lipinski definition) is 1. The molecule has 2 atom stereocenters. The molecule has 2 fully saturated rings. The van der Waals surface area contributed by atoms with Gasteiger partial charge in [0.2, 0.25) is 5.88 Å². The van der Waals surface area contributed by atoms with Crippen LogP contribution in [0.4, 0.5) is 0 Å². The van der Waals surface area contributed by atoms with Crippen molar-refractivity contribution in [2.24, 2.45) is 5.92 Å². The van der Waals surface area contributed by atoms with E-state index in [0.717, 1.165) is 17.6 Å². The lowest BCUT2D eigenvalue weighted by Gasteiger charge is -2.37. The number of ether oxygens (including phenoxy) is 2. The molecule has 0 aromatic carbocycles. The van der Waals surface area contributed by atoms with Crippen molar-refractivity contribution in [2.45, 2.75) is 17.9 Å². The van der Waals surface area contributed by atoms with Crippen LogP contribution in [0.2, 0.25) is 5.15 Å². The molecule has 1 saturated carbocycles. The Labute approximate surface area is 154 Å². The van der Waals surface area contributed by atoms with E-state index >= 15 is 0 Å². The van der Waals surface area contributed by atoms with E-state index in [-0.39, 0.29) is 0 Å². The van der Waals surface area contributed by atoms with Crippen LogP contribution in [0.3, 0.4) is 0 Å². The first-order valence-corrected chi connectivity index (χ1v) is 8.88. The molecule has 3 aromatic heterocycles. The zero-order chi connectivity index (χ0) is 17.7. The fourth-order valence-electron chi connectivity index (χ4n) is 3.48. The average Bonchev–Trinajstić information content (AvgIpc) is 3.23. The normalized spacial score (nSPS) is 23.6. The van der Waals surface area contributed by atoms with Crippen LogP contribution >= 0.6 is 11.6 Å². The van der Waals surface area contributed by atoms with Gasteiger partial charge in [-0.2, -0.15) is 0 Å². The maximum absolute atomic E-state index is 10.7. The number of fused-ring (bicyclic) bond motifs is 1. The van der Waals surface area contributed by atoms with Gasteiger partial charge in [0, 0.05) is 36.1 Å². The average molecular weight is 373 g/mol. The lowest BCUT2D eigenvalue weighted by molar-refractivity contribution is -0.184. The number of aromatic nitrogens is 4. The standard InChI is InChI=1S/C18H17ClN4O3/c19-15-5-16(22-10-21-15)26-7-12-3-13(12)11-4-14(18(24)8-25-9-18)17-20-1-2-23(17)6-11/h1-2,4-6,10,12-13,24H,3,7-9H2. The Balaban J connectivity index is 1.35. The van der Waals surface area contributed by atoms with Crippen molar-refractivity contribution in [3.63, 3.8) is 0 Å². The Morgan fingerprint density at radius 1 is 1.31 bits per heavy atom. The molecule has 7 nitrogen and oxygen atoms in total. The first kappa shape index (κ1) is 16.0. The number of halogens is 1. The molecule has 1 aliphatic heterocycles. The third kappa shape index (κ3) is 2.72. The maximum Gasteiger partial charge on any atom is 0.217 e. The molecule has 26 heavy (non-hydrogen) atoms. The summed E-state index contributed by atoms with van der Waals surface area (Å²) in [6.07, 6.45) is 8.16. The second kappa shape index (κ2) is 5.90. The molecule has 8 heteroatoms. The molecule has 0 amide bonds. The van der Waals surface area contributed by atoms with E-state index in [0.29, 0.717) is 42.7 Å². The highest BCUT2D eigenvalue weighted by atomic mass is 35.5. The number of aliphatic hydroxyl groups is 1. The van der Waals surface area contributed by atoms with Crippen LogP contribution in [0.15, 0.2) is 37.1 Å². The van der Waals surface area contributed by atoms with Crippen LogP contribution in [0.25, 0.3) is 5.65 Å². The van der Waals surface area contributed by atoms with Crippen molar-refractivity contribution < 1.29 is 14.6 Å². The molecule has 0 radical (unpaired) electrons. The maximum atomic E-state index is 10.7.